The van der Waals surface area contributed by atoms with Gasteiger partial charge in [0.15, 0.2) is 0 Å². The molecule has 1 amide bonds. The van der Waals surface area contributed by atoms with Crippen molar-refractivity contribution in [3.63, 3.8) is 0 Å². The fraction of sp³-hybridized carbons (Fsp3) is 0.0500. The van der Waals surface area contributed by atoms with Gasteiger partial charge in [0.05, 0.1) is 11.1 Å². The fourth-order valence-corrected chi connectivity index (χ4v) is 2.88. The maximum absolute atomic E-state index is 12.9. The third-order valence-electron chi connectivity index (χ3n) is 4.06. The Morgan fingerprint density at radius 3 is 2.04 bits per heavy atom. The third kappa shape index (κ3) is 3.26. The van der Waals surface area contributed by atoms with Crippen LogP contribution in [-0.2, 0) is 6.18 Å². The highest BCUT2D eigenvalue weighted by Crippen LogP contribution is 2.38. The van der Waals surface area contributed by atoms with Crippen LogP contribution in [0.15, 0.2) is 66.7 Å². The normalized spacial score (nSPS) is 11.3. The first kappa shape index (κ1) is 17.5. The van der Waals surface area contributed by atoms with Gasteiger partial charge >= 0.3 is 6.18 Å². The van der Waals surface area contributed by atoms with Crippen LogP contribution in [0, 0.1) is 0 Å². The van der Waals surface area contributed by atoms with Crippen LogP contribution in [-0.4, -0.2) is 5.91 Å². The van der Waals surface area contributed by atoms with Crippen LogP contribution in [0.4, 0.5) is 18.9 Å². The molecule has 0 bridgehead atoms. The van der Waals surface area contributed by atoms with E-state index in [0.29, 0.717) is 16.7 Å². The first-order valence-corrected chi connectivity index (χ1v) is 7.74. The Balaban J connectivity index is 2.22. The minimum atomic E-state index is -4.49. The summed E-state index contributed by atoms with van der Waals surface area (Å²) in [6.45, 7) is 0. The molecule has 0 aliphatic rings. The fourth-order valence-electron chi connectivity index (χ4n) is 2.88. The molecule has 6 heteroatoms. The van der Waals surface area contributed by atoms with Gasteiger partial charge in [-0.3, -0.25) is 4.79 Å². The van der Waals surface area contributed by atoms with Crippen LogP contribution in [0.5, 0.6) is 0 Å². The van der Waals surface area contributed by atoms with E-state index in [1.165, 1.54) is 6.07 Å². The molecule has 0 aliphatic carbocycles. The summed E-state index contributed by atoms with van der Waals surface area (Å²) >= 11 is 0. The van der Waals surface area contributed by atoms with E-state index < -0.39 is 17.6 Å². The number of primary amides is 1. The molecule has 26 heavy (non-hydrogen) atoms. The minimum Gasteiger partial charge on any atom is -0.398 e. The second-order valence-electron chi connectivity index (χ2n) is 5.76. The van der Waals surface area contributed by atoms with Crippen molar-refractivity contribution in [3.05, 3.63) is 77.9 Å². The maximum Gasteiger partial charge on any atom is 0.416 e. The van der Waals surface area contributed by atoms with Crippen molar-refractivity contribution in [2.45, 2.75) is 6.18 Å². The second kappa shape index (κ2) is 6.55. The summed E-state index contributed by atoms with van der Waals surface area (Å²) in [5.74, 6) is -0.682. The molecule has 3 rings (SSSR count). The molecule has 3 nitrogen and oxygen atoms in total. The zero-order valence-electron chi connectivity index (χ0n) is 13.5. The molecule has 0 heterocycles. The number of carbonyl (C=O) groups excluding carboxylic acids is 1. The SMILES string of the molecule is NC(=O)c1c(-c2ccccc2)cccc1-c1ccc(C(F)(F)F)cc1N. The Labute approximate surface area is 148 Å². The van der Waals surface area contributed by atoms with Gasteiger partial charge in [-0.25, -0.2) is 0 Å². The largest absolute Gasteiger partial charge is 0.416 e. The molecule has 0 aliphatic heterocycles. The predicted molar refractivity (Wildman–Crippen MR) is 95.2 cm³/mol. The molecule has 4 N–H and O–H groups in total. The number of nitrogen functional groups attached to an aromatic ring is 1. The minimum absolute atomic E-state index is 0.0764. The zero-order chi connectivity index (χ0) is 18.9. The van der Waals surface area contributed by atoms with Crippen molar-refractivity contribution in [3.8, 4) is 22.3 Å². The molecule has 0 fully saturated rings. The molecule has 0 unspecified atom stereocenters. The molecule has 0 saturated heterocycles. The van der Waals surface area contributed by atoms with Crippen LogP contribution < -0.4 is 11.5 Å². The summed E-state index contributed by atoms with van der Waals surface area (Å²) < 4.78 is 38.6. The average Bonchev–Trinajstić information content (AvgIpc) is 2.61. The quantitative estimate of drug-likeness (QED) is 0.667. The summed E-state index contributed by atoms with van der Waals surface area (Å²) in [4.78, 5) is 12.1. The van der Waals surface area contributed by atoms with E-state index in [9.17, 15) is 18.0 Å². The van der Waals surface area contributed by atoms with E-state index in [2.05, 4.69) is 0 Å². The van der Waals surface area contributed by atoms with Crippen molar-refractivity contribution in [1.82, 2.24) is 0 Å². The Morgan fingerprint density at radius 2 is 1.46 bits per heavy atom. The summed E-state index contributed by atoms with van der Waals surface area (Å²) in [7, 11) is 0. The molecular formula is C20H15F3N2O. The van der Waals surface area contributed by atoms with Gasteiger partial charge in [-0.15, -0.1) is 0 Å². The second-order valence-corrected chi connectivity index (χ2v) is 5.76. The van der Waals surface area contributed by atoms with Gasteiger partial charge < -0.3 is 11.5 Å². The standard InChI is InChI=1S/C20H15F3N2O/c21-20(22,23)13-9-10-15(17(24)11-13)16-8-4-7-14(18(16)19(25)26)12-5-2-1-3-6-12/h1-11H,24H2,(H2,25,26). The first-order valence-electron chi connectivity index (χ1n) is 7.74. The van der Waals surface area contributed by atoms with Gasteiger partial charge in [-0.2, -0.15) is 13.2 Å². The van der Waals surface area contributed by atoms with Crippen LogP contribution in [0.3, 0.4) is 0 Å². The summed E-state index contributed by atoms with van der Waals surface area (Å²) in [5, 5.41) is 0. The lowest BCUT2D eigenvalue weighted by Crippen LogP contribution is -2.14. The number of rotatable bonds is 3. The highest BCUT2D eigenvalue weighted by Gasteiger charge is 2.31. The van der Waals surface area contributed by atoms with E-state index >= 15 is 0 Å². The van der Waals surface area contributed by atoms with E-state index in [4.69, 9.17) is 11.5 Å². The van der Waals surface area contributed by atoms with E-state index in [1.54, 1.807) is 18.2 Å². The number of halogens is 3. The van der Waals surface area contributed by atoms with Crippen molar-refractivity contribution < 1.29 is 18.0 Å². The number of carbonyl (C=O) groups is 1. The monoisotopic (exact) mass is 356 g/mol. The average molecular weight is 356 g/mol. The number of benzene rings is 3. The molecule has 0 aromatic heterocycles. The molecule has 3 aromatic carbocycles. The Hall–Kier alpha value is -3.28. The number of alkyl halides is 3. The topological polar surface area (TPSA) is 69.1 Å². The van der Waals surface area contributed by atoms with Crippen LogP contribution in [0.1, 0.15) is 15.9 Å². The summed E-state index contributed by atoms with van der Waals surface area (Å²) in [6.07, 6.45) is -4.49. The molecule has 0 spiro atoms. The highest BCUT2D eigenvalue weighted by molar-refractivity contribution is 6.07. The number of nitrogens with two attached hydrogens (primary N) is 2. The van der Waals surface area contributed by atoms with Gasteiger partial charge in [-0.05, 0) is 28.8 Å². The lowest BCUT2D eigenvalue weighted by atomic mass is 9.90. The molecule has 132 valence electrons. The third-order valence-corrected chi connectivity index (χ3v) is 4.06. The van der Waals surface area contributed by atoms with Crippen LogP contribution in [0.25, 0.3) is 22.3 Å². The van der Waals surface area contributed by atoms with Gasteiger partial charge in [-0.1, -0.05) is 54.6 Å². The van der Waals surface area contributed by atoms with Crippen LogP contribution in [0.2, 0.25) is 0 Å². The van der Waals surface area contributed by atoms with Crippen molar-refractivity contribution in [1.29, 1.82) is 0 Å². The predicted octanol–water partition coefficient (Wildman–Crippen LogP) is 4.72. The zero-order valence-corrected chi connectivity index (χ0v) is 13.5. The van der Waals surface area contributed by atoms with E-state index in [0.717, 1.165) is 17.7 Å². The highest BCUT2D eigenvalue weighted by atomic mass is 19.4. The molecule has 3 aromatic rings. The number of hydrogen-bond donors (Lipinski definition) is 2. The van der Waals surface area contributed by atoms with Gasteiger partial charge in [0, 0.05) is 11.3 Å². The van der Waals surface area contributed by atoms with Crippen molar-refractivity contribution >= 4 is 11.6 Å². The number of anilines is 1. The lowest BCUT2D eigenvalue weighted by Gasteiger charge is -2.16. The first-order chi connectivity index (χ1) is 12.3. The summed E-state index contributed by atoms with van der Waals surface area (Å²) in [5.41, 5.74) is 12.8. The van der Waals surface area contributed by atoms with E-state index in [-0.39, 0.29) is 11.3 Å². The van der Waals surface area contributed by atoms with Crippen molar-refractivity contribution in [2.24, 2.45) is 5.73 Å². The lowest BCUT2D eigenvalue weighted by molar-refractivity contribution is -0.137. The Kier molecular flexibility index (Phi) is 4.42. The van der Waals surface area contributed by atoms with Crippen LogP contribution >= 0.6 is 0 Å². The van der Waals surface area contributed by atoms with E-state index in [1.807, 2.05) is 30.3 Å². The van der Waals surface area contributed by atoms with Gasteiger partial charge in [0.25, 0.3) is 0 Å². The Morgan fingerprint density at radius 1 is 0.808 bits per heavy atom. The number of hydrogen-bond acceptors (Lipinski definition) is 2. The molecule has 0 radical (unpaired) electrons. The maximum atomic E-state index is 12.9. The van der Waals surface area contributed by atoms with Crippen molar-refractivity contribution in [2.75, 3.05) is 5.73 Å². The van der Waals surface area contributed by atoms with Gasteiger partial charge in [0.2, 0.25) is 5.91 Å². The summed E-state index contributed by atoms with van der Waals surface area (Å²) in [6, 6.07) is 17.2. The van der Waals surface area contributed by atoms with Gasteiger partial charge in [0.1, 0.15) is 0 Å². The number of amides is 1. The smallest absolute Gasteiger partial charge is 0.398 e. The Bertz CT molecular complexity index is 967. The molecular weight excluding hydrogens is 341 g/mol. The molecule has 0 saturated carbocycles. The molecule has 0 atom stereocenters.